The highest BCUT2D eigenvalue weighted by atomic mass is 16.7. The molecule has 0 aliphatic carbocycles. The molecule has 2 unspecified atom stereocenters. The van der Waals surface area contributed by atoms with Crippen LogP contribution in [0.3, 0.4) is 0 Å². The van der Waals surface area contributed by atoms with Crippen LogP contribution < -0.4 is 10.8 Å². The standard InChI is InChI=1S/C21H31BN2O3/c1-13-9-16-12-17(10-13)24(16)19(25)23-15-8-7-14(2)18(11-15)22-26-20(3,4)21(5,6)27-22/h7-8,11,13,16-17H,9-10,12H2,1-6H3,(H,23,25). The van der Waals surface area contributed by atoms with Crippen LogP contribution in [0.2, 0.25) is 0 Å². The lowest BCUT2D eigenvalue weighted by atomic mass is 9.74. The third kappa shape index (κ3) is 3.17. The molecule has 2 atom stereocenters. The Balaban J connectivity index is 1.49. The smallest absolute Gasteiger partial charge is 0.399 e. The van der Waals surface area contributed by atoms with E-state index < -0.39 is 7.12 Å². The summed E-state index contributed by atoms with van der Waals surface area (Å²) in [4.78, 5) is 14.8. The van der Waals surface area contributed by atoms with Crippen molar-refractivity contribution in [3.8, 4) is 0 Å². The van der Waals surface area contributed by atoms with E-state index in [1.807, 2.05) is 30.0 Å². The van der Waals surface area contributed by atoms with Crippen LogP contribution in [0.15, 0.2) is 18.2 Å². The van der Waals surface area contributed by atoms with E-state index in [4.69, 9.17) is 9.31 Å². The summed E-state index contributed by atoms with van der Waals surface area (Å²) in [5.41, 5.74) is 2.11. The van der Waals surface area contributed by atoms with Gasteiger partial charge in [0, 0.05) is 17.8 Å². The number of aryl methyl sites for hydroxylation is 1. The number of piperidine rings is 1. The van der Waals surface area contributed by atoms with Gasteiger partial charge in [0.2, 0.25) is 0 Å². The maximum absolute atomic E-state index is 12.8. The molecule has 1 N–H and O–H groups in total. The molecule has 0 radical (unpaired) electrons. The Morgan fingerprint density at radius 1 is 1.11 bits per heavy atom. The summed E-state index contributed by atoms with van der Waals surface area (Å²) in [6.45, 7) is 12.5. The Morgan fingerprint density at radius 3 is 2.30 bits per heavy atom. The minimum atomic E-state index is -0.420. The third-order valence-corrected chi connectivity index (χ3v) is 6.95. The second-order valence-electron chi connectivity index (χ2n) is 9.62. The average Bonchev–Trinajstić information content (AvgIpc) is 2.76. The van der Waals surface area contributed by atoms with E-state index in [9.17, 15) is 4.79 Å². The van der Waals surface area contributed by atoms with Gasteiger partial charge in [0.25, 0.3) is 0 Å². The van der Waals surface area contributed by atoms with Crippen LogP contribution in [0.4, 0.5) is 10.5 Å². The summed E-state index contributed by atoms with van der Waals surface area (Å²) in [5.74, 6) is 0.729. The average molecular weight is 370 g/mol. The first-order chi connectivity index (χ1) is 12.6. The van der Waals surface area contributed by atoms with E-state index in [1.54, 1.807) is 0 Å². The lowest BCUT2D eigenvalue weighted by Crippen LogP contribution is -2.63. The topological polar surface area (TPSA) is 50.8 Å². The Kier molecular flexibility index (Phi) is 4.35. The first kappa shape index (κ1) is 18.8. The van der Waals surface area contributed by atoms with E-state index in [1.165, 1.54) is 0 Å². The second-order valence-corrected chi connectivity index (χ2v) is 9.62. The number of rotatable bonds is 2. The minimum absolute atomic E-state index is 0.0203. The summed E-state index contributed by atoms with van der Waals surface area (Å²) >= 11 is 0. The molecular formula is C21H31BN2O3. The fraction of sp³-hybridized carbons (Fsp3) is 0.667. The van der Waals surface area contributed by atoms with Gasteiger partial charge in [-0.1, -0.05) is 18.6 Å². The highest BCUT2D eigenvalue weighted by Gasteiger charge is 2.52. The summed E-state index contributed by atoms with van der Waals surface area (Å²) in [7, 11) is -0.420. The van der Waals surface area contributed by atoms with E-state index in [0.717, 1.165) is 41.9 Å². The summed E-state index contributed by atoms with van der Waals surface area (Å²) in [6.07, 6.45) is 3.40. The van der Waals surface area contributed by atoms with Crippen molar-refractivity contribution in [2.75, 3.05) is 5.32 Å². The first-order valence-corrected chi connectivity index (χ1v) is 10.1. The lowest BCUT2D eigenvalue weighted by Gasteiger charge is -2.54. The molecule has 0 spiro atoms. The normalized spacial score (nSPS) is 30.8. The van der Waals surface area contributed by atoms with Gasteiger partial charge in [-0.25, -0.2) is 4.79 Å². The number of carbonyl (C=O) groups excluding carboxylic acids is 1. The van der Waals surface area contributed by atoms with Crippen LogP contribution in [-0.4, -0.2) is 41.3 Å². The number of fused-ring (bicyclic) bond motifs is 2. The molecule has 1 aromatic carbocycles. The second kappa shape index (κ2) is 6.24. The summed E-state index contributed by atoms with van der Waals surface area (Å²) in [6, 6.07) is 6.81. The number of hydrogen-bond acceptors (Lipinski definition) is 3. The number of anilines is 1. The van der Waals surface area contributed by atoms with Crippen LogP contribution >= 0.6 is 0 Å². The van der Waals surface area contributed by atoms with Crippen molar-refractivity contribution >= 4 is 24.3 Å². The molecule has 2 bridgehead atoms. The molecule has 6 heteroatoms. The predicted molar refractivity (Wildman–Crippen MR) is 108 cm³/mol. The number of nitrogens with zero attached hydrogens (tertiary/aromatic N) is 1. The molecule has 3 heterocycles. The van der Waals surface area contributed by atoms with Gasteiger partial charge < -0.3 is 19.5 Å². The number of carbonyl (C=O) groups is 1. The zero-order valence-corrected chi connectivity index (χ0v) is 17.3. The zero-order chi connectivity index (χ0) is 19.6. The van der Waals surface area contributed by atoms with E-state index in [2.05, 4.69) is 39.9 Å². The van der Waals surface area contributed by atoms with Crippen LogP contribution in [-0.2, 0) is 9.31 Å². The van der Waals surface area contributed by atoms with Crippen molar-refractivity contribution in [3.05, 3.63) is 23.8 Å². The Labute approximate surface area is 162 Å². The highest BCUT2D eigenvalue weighted by Crippen LogP contribution is 2.41. The lowest BCUT2D eigenvalue weighted by molar-refractivity contribution is -0.00601. The molecule has 3 aliphatic heterocycles. The number of urea groups is 1. The van der Waals surface area contributed by atoms with E-state index >= 15 is 0 Å². The number of hydrogen-bond donors (Lipinski definition) is 1. The zero-order valence-electron chi connectivity index (χ0n) is 17.3. The SMILES string of the molecule is Cc1ccc(NC(=O)N2C3CC(C)CC2C3)cc1B1OC(C)(C)C(C)(C)O1. The van der Waals surface area contributed by atoms with Gasteiger partial charge in [-0.05, 0) is 77.4 Å². The number of benzene rings is 1. The van der Waals surface area contributed by atoms with Crippen molar-refractivity contribution in [2.24, 2.45) is 5.92 Å². The molecule has 3 saturated heterocycles. The molecular weight excluding hydrogens is 339 g/mol. The number of amides is 2. The van der Waals surface area contributed by atoms with Crippen molar-refractivity contribution in [3.63, 3.8) is 0 Å². The van der Waals surface area contributed by atoms with Gasteiger partial charge in [0.05, 0.1) is 11.2 Å². The van der Waals surface area contributed by atoms with Gasteiger partial charge >= 0.3 is 13.1 Å². The van der Waals surface area contributed by atoms with E-state index in [-0.39, 0.29) is 17.2 Å². The van der Waals surface area contributed by atoms with Crippen LogP contribution in [0.1, 0.15) is 59.4 Å². The van der Waals surface area contributed by atoms with Gasteiger partial charge in [0.15, 0.2) is 0 Å². The molecule has 3 aliphatic rings. The fourth-order valence-corrected chi connectivity index (χ4v) is 4.61. The Morgan fingerprint density at radius 2 is 1.70 bits per heavy atom. The van der Waals surface area contributed by atoms with Crippen LogP contribution in [0.5, 0.6) is 0 Å². The molecule has 3 fully saturated rings. The van der Waals surface area contributed by atoms with Gasteiger partial charge in [-0.3, -0.25) is 0 Å². The molecule has 4 rings (SSSR count). The van der Waals surface area contributed by atoms with Crippen molar-refractivity contribution in [1.29, 1.82) is 0 Å². The van der Waals surface area contributed by atoms with Crippen LogP contribution in [0.25, 0.3) is 0 Å². The summed E-state index contributed by atoms with van der Waals surface area (Å²) < 4.78 is 12.4. The molecule has 0 aromatic heterocycles. The molecule has 5 nitrogen and oxygen atoms in total. The van der Waals surface area contributed by atoms with E-state index in [0.29, 0.717) is 12.1 Å². The van der Waals surface area contributed by atoms with Gasteiger partial charge in [-0.2, -0.15) is 0 Å². The monoisotopic (exact) mass is 370 g/mol. The summed E-state index contributed by atoms with van der Waals surface area (Å²) in [5, 5.41) is 3.10. The Hall–Kier alpha value is -1.53. The maximum Gasteiger partial charge on any atom is 0.495 e. The molecule has 27 heavy (non-hydrogen) atoms. The molecule has 0 saturated carbocycles. The Bertz CT molecular complexity index is 736. The highest BCUT2D eigenvalue weighted by molar-refractivity contribution is 6.62. The quantitative estimate of drug-likeness (QED) is 0.808. The first-order valence-electron chi connectivity index (χ1n) is 10.1. The van der Waals surface area contributed by atoms with Crippen molar-refractivity contribution in [2.45, 2.75) is 84.1 Å². The van der Waals surface area contributed by atoms with Crippen molar-refractivity contribution < 1.29 is 14.1 Å². The number of nitrogens with one attached hydrogen (secondary N) is 1. The fourth-order valence-electron chi connectivity index (χ4n) is 4.61. The van der Waals surface area contributed by atoms with Gasteiger partial charge in [0.1, 0.15) is 0 Å². The van der Waals surface area contributed by atoms with Crippen molar-refractivity contribution in [1.82, 2.24) is 4.90 Å². The molecule has 146 valence electrons. The van der Waals surface area contributed by atoms with Gasteiger partial charge in [-0.15, -0.1) is 0 Å². The van der Waals surface area contributed by atoms with Crippen LogP contribution in [0, 0.1) is 12.8 Å². The molecule has 2 amide bonds. The maximum atomic E-state index is 12.8. The minimum Gasteiger partial charge on any atom is -0.399 e. The predicted octanol–water partition coefficient (Wildman–Crippen LogP) is 3.70. The third-order valence-electron chi connectivity index (χ3n) is 6.95. The molecule has 1 aromatic rings. The largest absolute Gasteiger partial charge is 0.495 e.